The molecule has 1 aromatic rings. The van der Waals surface area contributed by atoms with Crippen LogP contribution in [0.3, 0.4) is 0 Å². The number of hydrogen-bond donors (Lipinski definition) is 1. The van der Waals surface area contributed by atoms with Crippen LogP contribution in [-0.4, -0.2) is 34.7 Å². The van der Waals surface area contributed by atoms with Crippen LogP contribution < -0.4 is 0 Å². The molecule has 0 unspecified atom stereocenters. The number of rotatable bonds is 2. The number of ether oxygens (including phenoxy) is 1. The number of nitrogens with one attached hydrogen (secondary N) is 1. The maximum atomic E-state index is 11.5. The van der Waals surface area contributed by atoms with Gasteiger partial charge in [0, 0.05) is 24.9 Å². The van der Waals surface area contributed by atoms with E-state index in [9.17, 15) is 4.79 Å². The number of methoxy groups -OCH3 is 1. The Labute approximate surface area is 82.0 Å². The average Bonchev–Trinajstić information content (AvgIpc) is 2.69. The van der Waals surface area contributed by atoms with Gasteiger partial charge >= 0.3 is 0 Å². The number of carbonyl (C=O) groups excluding carboxylic acids is 1. The highest BCUT2D eigenvalue weighted by molar-refractivity contribution is 5.78. The second kappa shape index (κ2) is 3.42. The predicted octanol–water partition coefficient (Wildman–Crippen LogP) is 0.207. The molecule has 76 valence electrons. The first-order valence-corrected chi connectivity index (χ1v) is 4.51. The van der Waals surface area contributed by atoms with Crippen molar-refractivity contribution in [3.63, 3.8) is 0 Å². The lowest BCUT2D eigenvalue weighted by molar-refractivity contribution is -0.135. The summed E-state index contributed by atoms with van der Waals surface area (Å²) in [6.07, 6.45) is 0. The Bertz CT molecular complexity index is 359. The highest BCUT2D eigenvalue weighted by Crippen LogP contribution is 2.22. The molecular weight excluding hydrogens is 182 g/mol. The number of fused-ring (bicyclic) bond motifs is 1. The molecular formula is C9H13N3O2. The van der Waals surface area contributed by atoms with Gasteiger partial charge in [0.25, 0.3) is 0 Å². The molecule has 0 saturated heterocycles. The maximum absolute atomic E-state index is 11.5. The molecule has 1 amide bonds. The zero-order valence-corrected chi connectivity index (χ0v) is 8.33. The van der Waals surface area contributed by atoms with E-state index in [1.54, 1.807) is 4.90 Å². The van der Waals surface area contributed by atoms with E-state index in [-0.39, 0.29) is 12.5 Å². The van der Waals surface area contributed by atoms with E-state index >= 15 is 0 Å². The molecule has 0 fully saturated rings. The number of nitrogens with zero attached hydrogens (tertiary/aromatic N) is 2. The third-order valence-corrected chi connectivity index (χ3v) is 2.47. The normalized spacial score (nSPS) is 14.6. The lowest BCUT2D eigenvalue weighted by Crippen LogP contribution is -2.29. The first-order valence-electron chi connectivity index (χ1n) is 4.51. The SMILES string of the molecule is COCC(=O)N1Cc2n[nH]c(C)c2C1. The number of aromatic amines is 1. The van der Waals surface area contributed by atoms with Crippen molar-refractivity contribution in [1.29, 1.82) is 0 Å². The van der Waals surface area contributed by atoms with Gasteiger partial charge in [0.2, 0.25) is 5.91 Å². The highest BCUT2D eigenvalue weighted by Gasteiger charge is 2.26. The van der Waals surface area contributed by atoms with Gasteiger partial charge in [-0.05, 0) is 6.92 Å². The largest absolute Gasteiger partial charge is 0.375 e. The molecule has 0 saturated carbocycles. The lowest BCUT2D eigenvalue weighted by Gasteiger charge is -2.14. The topological polar surface area (TPSA) is 58.2 Å². The number of amides is 1. The molecule has 1 aliphatic rings. The standard InChI is InChI=1S/C9H13N3O2/c1-6-7-3-12(9(13)5-14-2)4-8(7)11-10-6/h3-5H2,1-2H3,(H,10,11). The van der Waals surface area contributed by atoms with Gasteiger partial charge in [-0.25, -0.2) is 0 Å². The second-order valence-electron chi connectivity index (χ2n) is 3.46. The molecule has 0 atom stereocenters. The van der Waals surface area contributed by atoms with Crippen molar-refractivity contribution >= 4 is 5.91 Å². The molecule has 1 N–H and O–H groups in total. The molecule has 5 nitrogen and oxygen atoms in total. The van der Waals surface area contributed by atoms with Gasteiger partial charge in [-0.15, -0.1) is 0 Å². The molecule has 0 radical (unpaired) electrons. The number of hydrogen-bond acceptors (Lipinski definition) is 3. The zero-order chi connectivity index (χ0) is 10.1. The van der Waals surface area contributed by atoms with Crippen LogP contribution in [0, 0.1) is 6.92 Å². The molecule has 1 aromatic heterocycles. The summed E-state index contributed by atoms with van der Waals surface area (Å²) in [5, 5.41) is 7.04. The average molecular weight is 195 g/mol. The minimum absolute atomic E-state index is 0.0184. The van der Waals surface area contributed by atoms with E-state index in [1.165, 1.54) is 7.11 Å². The minimum atomic E-state index is 0.0184. The van der Waals surface area contributed by atoms with Crippen LogP contribution in [0.4, 0.5) is 0 Å². The quantitative estimate of drug-likeness (QED) is 0.733. The van der Waals surface area contributed by atoms with E-state index < -0.39 is 0 Å². The summed E-state index contributed by atoms with van der Waals surface area (Å²) in [5.74, 6) is 0.0184. The Morgan fingerprint density at radius 3 is 3.07 bits per heavy atom. The molecule has 2 heterocycles. The Morgan fingerprint density at radius 2 is 2.43 bits per heavy atom. The monoisotopic (exact) mass is 195 g/mol. The minimum Gasteiger partial charge on any atom is -0.375 e. The third kappa shape index (κ3) is 1.39. The van der Waals surface area contributed by atoms with Crippen molar-refractivity contribution in [1.82, 2.24) is 15.1 Å². The molecule has 1 aliphatic heterocycles. The van der Waals surface area contributed by atoms with Crippen LogP contribution in [0.25, 0.3) is 0 Å². The second-order valence-corrected chi connectivity index (χ2v) is 3.46. The fourth-order valence-corrected chi connectivity index (χ4v) is 1.66. The highest BCUT2D eigenvalue weighted by atomic mass is 16.5. The van der Waals surface area contributed by atoms with E-state index in [0.29, 0.717) is 13.1 Å². The number of H-pyrrole nitrogens is 1. The van der Waals surface area contributed by atoms with Gasteiger partial charge in [-0.2, -0.15) is 5.10 Å². The summed E-state index contributed by atoms with van der Waals surface area (Å²) in [4.78, 5) is 13.2. The van der Waals surface area contributed by atoms with Gasteiger partial charge in [-0.1, -0.05) is 0 Å². The summed E-state index contributed by atoms with van der Waals surface area (Å²) < 4.78 is 4.80. The van der Waals surface area contributed by atoms with E-state index in [0.717, 1.165) is 17.0 Å². The fraction of sp³-hybridized carbons (Fsp3) is 0.556. The third-order valence-electron chi connectivity index (χ3n) is 2.47. The molecule has 5 heteroatoms. The molecule has 0 spiro atoms. The molecule has 14 heavy (non-hydrogen) atoms. The number of aromatic nitrogens is 2. The van der Waals surface area contributed by atoms with Crippen LogP contribution in [0.5, 0.6) is 0 Å². The van der Waals surface area contributed by atoms with Crippen molar-refractivity contribution < 1.29 is 9.53 Å². The Balaban J connectivity index is 2.08. The van der Waals surface area contributed by atoms with Crippen molar-refractivity contribution in [2.45, 2.75) is 20.0 Å². The number of aryl methyl sites for hydroxylation is 1. The Kier molecular flexibility index (Phi) is 2.25. The van der Waals surface area contributed by atoms with Crippen LogP contribution in [0.2, 0.25) is 0 Å². The smallest absolute Gasteiger partial charge is 0.249 e. The first-order chi connectivity index (χ1) is 6.72. The molecule has 0 aliphatic carbocycles. The van der Waals surface area contributed by atoms with Crippen molar-refractivity contribution in [2.75, 3.05) is 13.7 Å². The summed E-state index contributed by atoms with van der Waals surface area (Å²) in [6, 6.07) is 0. The summed E-state index contributed by atoms with van der Waals surface area (Å²) >= 11 is 0. The lowest BCUT2D eigenvalue weighted by atomic mass is 10.2. The Morgan fingerprint density at radius 1 is 1.64 bits per heavy atom. The van der Waals surface area contributed by atoms with Gasteiger partial charge < -0.3 is 9.64 Å². The van der Waals surface area contributed by atoms with E-state index in [1.807, 2.05) is 6.92 Å². The maximum Gasteiger partial charge on any atom is 0.249 e. The zero-order valence-electron chi connectivity index (χ0n) is 8.33. The molecule has 2 rings (SSSR count). The van der Waals surface area contributed by atoms with E-state index in [2.05, 4.69) is 10.2 Å². The van der Waals surface area contributed by atoms with Crippen LogP contribution >= 0.6 is 0 Å². The molecule has 0 aromatic carbocycles. The van der Waals surface area contributed by atoms with E-state index in [4.69, 9.17) is 4.74 Å². The summed E-state index contributed by atoms with van der Waals surface area (Å²) in [6.45, 7) is 3.37. The number of carbonyl (C=O) groups is 1. The fourth-order valence-electron chi connectivity index (χ4n) is 1.66. The molecule has 0 bridgehead atoms. The summed E-state index contributed by atoms with van der Waals surface area (Å²) in [7, 11) is 1.53. The van der Waals surface area contributed by atoms with Crippen LogP contribution in [0.1, 0.15) is 17.0 Å². The first kappa shape index (κ1) is 9.21. The Hall–Kier alpha value is -1.36. The van der Waals surface area contributed by atoms with Gasteiger partial charge in [0.05, 0.1) is 12.2 Å². The summed E-state index contributed by atoms with van der Waals surface area (Å²) in [5.41, 5.74) is 3.18. The van der Waals surface area contributed by atoms with Gasteiger partial charge in [-0.3, -0.25) is 9.89 Å². The van der Waals surface area contributed by atoms with Crippen LogP contribution in [0.15, 0.2) is 0 Å². The van der Waals surface area contributed by atoms with Crippen molar-refractivity contribution in [3.05, 3.63) is 17.0 Å². The van der Waals surface area contributed by atoms with Crippen molar-refractivity contribution in [2.24, 2.45) is 0 Å². The predicted molar refractivity (Wildman–Crippen MR) is 49.5 cm³/mol. The van der Waals surface area contributed by atoms with Gasteiger partial charge in [0.1, 0.15) is 6.61 Å². The van der Waals surface area contributed by atoms with Crippen LogP contribution in [-0.2, 0) is 22.6 Å². The van der Waals surface area contributed by atoms with Crippen molar-refractivity contribution in [3.8, 4) is 0 Å². The van der Waals surface area contributed by atoms with Gasteiger partial charge in [0.15, 0.2) is 0 Å².